The van der Waals surface area contributed by atoms with Crippen LogP contribution in [0.5, 0.6) is 0 Å². The second-order valence-corrected chi connectivity index (χ2v) is 7.30. The molecule has 0 unspecified atom stereocenters. The third kappa shape index (κ3) is 3.52. The van der Waals surface area contributed by atoms with Crippen LogP contribution in [-0.2, 0) is 0 Å². The van der Waals surface area contributed by atoms with Crippen molar-refractivity contribution in [3.8, 4) is 10.4 Å². The number of oxazole rings is 1. The molecule has 0 fully saturated rings. The SMILES string of the molecule is Cc1ccc(-c2scc(NC(=O)c3nc4cc(F)c(F)cc4o3)c2C(=O)O)c(F)c1F. The minimum atomic E-state index is -1.49. The first kappa shape index (κ1) is 20.5. The molecule has 2 N–H and O–H groups in total. The van der Waals surface area contributed by atoms with Gasteiger partial charge in [-0.15, -0.1) is 11.3 Å². The molecule has 0 radical (unpaired) electrons. The Balaban J connectivity index is 1.72. The van der Waals surface area contributed by atoms with E-state index in [-0.39, 0.29) is 32.8 Å². The van der Waals surface area contributed by atoms with Crippen LogP contribution in [0.15, 0.2) is 34.1 Å². The second-order valence-electron chi connectivity index (χ2n) is 6.42. The number of carboxylic acid groups (broad SMARTS) is 1. The van der Waals surface area contributed by atoms with Crippen molar-refractivity contribution < 1.29 is 36.7 Å². The number of benzene rings is 2. The number of fused-ring (bicyclic) bond motifs is 1. The molecule has 11 heteroatoms. The lowest BCUT2D eigenvalue weighted by atomic mass is 10.1. The highest BCUT2D eigenvalue weighted by atomic mass is 32.1. The number of thiophene rings is 1. The summed E-state index contributed by atoms with van der Waals surface area (Å²) in [6.45, 7) is 1.36. The summed E-state index contributed by atoms with van der Waals surface area (Å²) < 4.78 is 60.0. The lowest BCUT2D eigenvalue weighted by Gasteiger charge is -2.07. The molecule has 0 aliphatic rings. The molecule has 0 aliphatic heterocycles. The van der Waals surface area contributed by atoms with Gasteiger partial charge in [-0.1, -0.05) is 12.1 Å². The summed E-state index contributed by atoms with van der Waals surface area (Å²) in [7, 11) is 0. The Hall–Kier alpha value is -3.73. The Kier molecular flexibility index (Phi) is 4.97. The fourth-order valence-electron chi connectivity index (χ4n) is 2.88. The molecule has 0 aliphatic carbocycles. The van der Waals surface area contributed by atoms with Gasteiger partial charge in [0.1, 0.15) is 11.1 Å². The number of hydrogen-bond acceptors (Lipinski definition) is 5. The topological polar surface area (TPSA) is 92.4 Å². The number of nitrogens with zero attached hydrogens (tertiary/aromatic N) is 1. The van der Waals surface area contributed by atoms with Crippen LogP contribution in [0.25, 0.3) is 21.5 Å². The molecule has 31 heavy (non-hydrogen) atoms. The van der Waals surface area contributed by atoms with Crippen LogP contribution < -0.4 is 5.32 Å². The van der Waals surface area contributed by atoms with Crippen LogP contribution >= 0.6 is 11.3 Å². The molecule has 0 bridgehead atoms. The fourth-order valence-corrected chi connectivity index (χ4v) is 3.89. The number of hydrogen-bond donors (Lipinski definition) is 2. The largest absolute Gasteiger partial charge is 0.478 e. The van der Waals surface area contributed by atoms with E-state index in [1.165, 1.54) is 24.4 Å². The number of rotatable bonds is 4. The molecular formula is C20H10F4N2O4S. The van der Waals surface area contributed by atoms with Crippen molar-refractivity contribution >= 4 is 40.0 Å². The fraction of sp³-hybridized carbons (Fsp3) is 0.0500. The van der Waals surface area contributed by atoms with Gasteiger partial charge in [-0.2, -0.15) is 0 Å². The highest BCUT2D eigenvalue weighted by molar-refractivity contribution is 7.14. The Morgan fingerprint density at radius 1 is 1.10 bits per heavy atom. The van der Waals surface area contributed by atoms with Crippen LogP contribution in [0.3, 0.4) is 0 Å². The molecular weight excluding hydrogens is 440 g/mol. The number of carboxylic acids is 1. The molecule has 158 valence electrons. The number of aryl methyl sites for hydroxylation is 1. The van der Waals surface area contributed by atoms with E-state index in [4.69, 9.17) is 4.42 Å². The van der Waals surface area contributed by atoms with Crippen molar-refractivity contribution in [1.82, 2.24) is 4.98 Å². The van der Waals surface area contributed by atoms with Crippen LogP contribution in [-0.4, -0.2) is 22.0 Å². The van der Waals surface area contributed by atoms with Gasteiger partial charge in [-0.25, -0.2) is 27.3 Å². The highest BCUT2D eigenvalue weighted by Crippen LogP contribution is 2.38. The lowest BCUT2D eigenvalue weighted by Crippen LogP contribution is -2.14. The van der Waals surface area contributed by atoms with Crippen LogP contribution in [0.4, 0.5) is 23.2 Å². The molecule has 0 saturated carbocycles. The number of nitrogens with one attached hydrogen (secondary N) is 1. The average molecular weight is 450 g/mol. The molecule has 2 heterocycles. The average Bonchev–Trinajstić information content (AvgIpc) is 3.31. The molecule has 0 saturated heterocycles. The number of anilines is 1. The Morgan fingerprint density at radius 3 is 2.52 bits per heavy atom. The van der Waals surface area contributed by atoms with Crippen LogP contribution in [0.1, 0.15) is 26.6 Å². The van der Waals surface area contributed by atoms with Crippen molar-refractivity contribution in [3.05, 3.63) is 69.9 Å². The van der Waals surface area contributed by atoms with Crippen LogP contribution in [0.2, 0.25) is 0 Å². The maximum Gasteiger partial charge on any atom is 0.339 e. The van der Waals surface area contributed by atoms with E-state index in [1.807, 2.05) is 0 Å². The molecule has 0 atom stereocenters. The number of aromatic carboxylic acids is 1. The maximum absolute atomic E-state index is 14.4. The van der Waals surface area contributed by atoms with Crippen molar-refractivity contribution in [3.63, 3.8) is 0 Å². The summed E-state index contributed by atoms with van der Waals surface area (Å²) in [6, 6.07) is 4.00. The van der Waals surface area contributed by atoms with Crippen molar-refractivity contribution in [2.45, 2.75) is 6.92 Å². The van der Waals surface area contributed by atoms with Gasteiger partial charge in [0.05, 0.1) is 10.6 Å². The predicted octanol–water partition coefficient (Wildman–Crippen LogP) is 5.37. The van der Waals surface area contributed by atoms with E-state index in [0.717, 1.165) is 17.4 Å². The predicted molar refractivity (Wildman–Crippen MR) is 103 cm³/mol. The molecule has 4 rings (SSSR count). The second kappa shape index (κ2) is 7.51. The normalized spacial score (nSPS) is 11.1. The Bertz CT molecular complexity index is 1340. The minimum absolute atomic E-state index is 0.0482. The molecule has 2 aromatic carbocycles. The zero-order valence-corrected chi connectivity index (χ0v) is 16.2. The van der Waals surface area contributed by atoms with E-state index in [1.54, 1.807) is 0 Å². The molecule has 4 aromatic rings. The van der Waals surface area contributed by atoms with E-state index < -0.39 is 46.6 Å². The standard InChI is InChI=1S/C20H10F4N2O4S/c1-7-2-3-8(16(24)15(7)23)17-14(20(28)29)12(6-31-17)25-18(27)19-26-11-4-9(21)10(22)5-13(11)30-19/h2-6H,1H3,(H,25,27)(H,28,29). The molecule has 2 aromatic heterocycles. The summed E-state index contributed by atoms with van der Waals surface area (Å²) in [4.78, 5) is 27.9. The van der Waals surface area contributed by atoms with E-state index in [2.05, 4.69) is 10.3 Å². The summed E-state index contributed by atoms with van der Waals surface area (Å²) in [5, 5.41) is 13.1. The zero-order valence-electron chi connectivity index (χ0n) is 15.4. The van der Waals surface area contributed by atoms with E-state index in [9.17, 15) is 32.3 Å². The number of carbonyl (C=O) groups excluding carboxylic acids is 1. The first-order valence-electron chi connectivity index (χ1n) is 8.54. The zero-order chi connectivity index (χ0) is 22.4. The van der Waals surface area contributed by atoms with Gasteiger partial charge < -0.3 is 14.8 Å². The number of aromatic nitrogens is 1. The van der Waals surface area contributed by atoms with Gasteiger partial charge in [0.15, 0.2) is 28.9 Å². The monoisotopic (exact) mass is 450 g/mol. The Labute approximate surface area is 174 Å². The summed E-state index contributed by atoms with van der Waals surface area (Å²) in [5.74, 6) is -7.77. The minimum Gasteiger partial charge on any atom is -0.478 e. The van der Waals surface area contributed by atoms with E-state index in [0.29, 0.717) is 6.07 Å². The summed E-state index contributed by atoms with van der Waals surface area (Å²) >= 11 is 0.780. The molecule has 1 amide bonds. The number of amides is 1. The third-order valence-electron chi connectivity index (χ3n) is 4.40. The van der Waals surface area contributed by atoms with Gasteiger partial charge in [0.2, 0.25) is 0 Å². The lowest BCUT2D eigenvalue weighted by molar-refractivity contribution is 0.0699. The number of halogens is 4. The van der Waals surface area contributed by atoms with Crippen LogP contribution in [0, 0.1) is 30.2 Å². The van der Waals surface area contributed by atoms with Gasteiger partial charge in [-0.05, 0) is 12.5 Å². The smallest absolute Gasteiger partial charge is 0.339 e. The van der Waals surface area contributed by atoms with Crippen molar-refractivity contribution in [2.24, 2.45) is 0 Å². The van der Waals surface area contributed by atoms with E-state index >= 15 is 0 Å². The van der Waals surface area contributed by atoms with Gasteiger partial charge in [0.25, 0.3) is 5.89 Å². The summed E-state index contributed by atoms with van der Waals surface area (Å²) in [5.41, 5.74) is -1.21. The molecule has 6 nitrogen and oxygen atoms in total. The quantitative estimate of drug-likeness (QED) is 0.408. The third-order valence-corrected chi connectivity index (χ3v) is 5.41. The van der Waals surface area contributed by atoms with Gasteiger partial charge in [-0.3, -0.25) is 4.79 Å². The number of carbonyl (C=O) groups is 2. The van der Waals surface area contributed by atoms with Gasteiger partial charge in [0, 0.05) is 23.1 Å². The Morgan fingerprint density at radius 2 is 1.81 bits per heavy atom. The highest BCUT2D eigenvalue weighted by Gasteiger charge is 2.26. The van der Waals surface area contributed by atoms with Crippen molar-refractivity contribution in [1.29, 1.82) is 0 Å². The first-order valence-corrected chi connectivity index (χ1v) is 9.42. The first-order chi connectivity index (χ1) is 14.7. The molecule has 0 spiro atoms. The maximum atomic E-state index is 14.4. The van der Waals surface area contributed by atoms with Crippen molar-refractivity contribution in [2.75, 3.05) is 5.32 Å². The summed E-state index contributed by atoms with van der Waals surface area (Å²) in [6.07, 6.45) is 0. The van der Waals surface area contributed by atoms with Gasteiger partial charge >= 0.3 is 11.9 Å².